The number of urea groups is 1. The van der Waals surface area contributed by atoms with Crippen molar-refractivity contribution in [3.8, 4) is 0 Å². The molecule has 0 rings (SSSR count). The Morgan fingerprint density at radius 3 is 2.29 bits per heavy atom. The zero-order chi connectivity index (χ0) is 16.6. The van der Waals surface area contributed by atoms with E-state index in [-0.39, 0.29) is 19.4 Å². The first kappa shape index (κ1) is 19.0. The third kappa shape index (κ3) is 8.00. The van der Waals surface area contributed by atoms with Crippen LogP contribution >= 0.6 is 0 Å². The fraction of sp³-hybridized carbons (Fsp3) is 0.727. The Kier molecular flexibility index (Phi) is 7.53. The molecule has 21 heavy (non-hydrogen) atoms. The summed E-state index contributed by atoms with van der Waals surface area (Å²) >= 11 is 0. The van der Waals surface area contributed by atoms with E-state index in [1.54, 1.807) is 0 Å². The molecular formula is C11H17F3N2O5. The van der Waals surface area contributed by atoms with Crippen molar-refractivity contribution >= 4 is 18.0 Å². The molecule has 0 aromatic carbocycles. The van der Waals surface area contributed by atoms with Crippen LogP contribution in [0, 0.1) is 0 Å². The number of nitrogens with zero attached hydrogens (tertiary/aromatic N) is 1. The Bertz CT molecular complexity index is 387. The highest BCUT2D eigenvalue weighted by Crippen LogP contribution is 2.16. The Morgan fingerprint density at radius 2 is 1.90 bits per heavy atom. The zero-order valence-electron chi connectivity index (χ0n) is 11.6. The second-order valence-electron chi connectivity index (χ2n) is 4.08. The first-order chi connectivity index (χ1) is 9.60. The summed E-state index contributed by atoms with van der Waals surface area (Å²) in [4.78, 5) is 33.9. The van der Waals surface area contributed by atoms with Gasteiger partial charge < -0.3 is 20.1 Å². The van der Waals surface area contributed by atoms with Crippen molar-refractivity contribution in [2.24, 2.45) is 0 Å². The van der Waals surface area contributed by atoms with Gasteiger partial charge in [0.25, 0.3) is 0 Å². The average Bonchev–Trinajstić information content (AvgIpc) is 2.38. The summed E-state index contributed by atoms with van der Waals surface area (Å²) in [7, 11) is 1.11. The average molecular weight is 314 g/mol. The standard InChI is InChI=1S/C11H17F3N2O5/c1-3-16(6-11(12,13)14)10(20)15-7(9(18)19)4-5-8(17)21-2/h7H,3-6H2,1-2H3,(H,15,20)(H,18,19)/t7-/m1/s1. The lowest BCUT2D eigenvalue weighted by atomic mass is 10.1. The number of hydrogen-bond acceptors (Lipinski definition) is 4. The van der Waals surface area contributed by atoms with Crippen LogP contribution in [0.2, 0.25) is 0 Å². The van der Waals surface area contributed by atoms with E-state index in [1.165, 1.54) is 6.92 Å². The van der Waals surface area contributed by atoms with Gasteiger partial charge in [-0.3, -0.25) is 4.79 Å². The molecular weight excluding hydrogens is 297 g/mol. The maximum Gasteiger partial charge on any atom is 0.406 e. The maximum atomic E-state index is 12.2. The van der Waals surface area contributed by atoms with E-state index in [4.69, 9.17) is 5.11 Å². The fourth-order valence-electron chi connectivity index (χ4n) is 1.41. The summed E-state index contributed by atoms with van der Waals surface area (Å²) in [6.07, 6.45) is -5.14. The van der Waals surface area contributed by atoms with Gasteiger partial charge in [-0.05, 0) is 13.3 Å². The molecule has 0 bridgehead atoms. The number of carboxylic acid groups (broad SMARTS) is 1. The van der Waals surface area contributed by atoms with Crippen LogP contribution in [-0.4, -0.2) is 60.4 Å². The fourth-order valence-corrected chi connectivity index (χ4v) is 1.41. The number of alkyl halides is 3. The normalized spacial score (nSPS) is 12.4. The van der Waals surface area contributed by atoms with Gasteiger partial charge in [0.1, 0.15) is 12.6 Å². The molecule has 2 N–H and O–H groups in total. The second kappa shape index (κ2) is 8.32. The predicted molar refractivity (Wildman–Crippen MR) is 64.5 cm³/mol. The number of nitrogens with one attached hydrogen (secondary N) is 1. The van der Waals surface area contributed by atoms with Gasteiger partial charge in [-0.25, -0.2) is 9.59 Å². The molecule has 0 radical (unpaired) electrons. The first-order valence-electron chi connectivity index (χ1n) is 6.02. The minimum absolute atomic E-state index is 0.241. The Labute approximate surface area is 119 Å². The van der Waals surface area contributed by atoms with Gasteiger partial charge in [-0.15, -0.1) is 0 Å². The first-order valence-corrected chi connectivity index (χ1v) is 6.02. The molecule has 0 saturated heterocycles. The third-order valence-electron chi connectivity index (χ3n) is 2.50. The van der Waals surface area contributed by atoms with Gasteiger partial charge in [0.2, 0.25) is 0 Å². The highest BCUT2D eigenvalue weighted by Gasteiger charge is 2.33. The number of hydrogen-bond donors (Lipinski definition) is 2. The van der Waals surface area contributed by atoms with Crippen molar-refractivity contribution in [2.45, 2.75) is 32.0 Å². The molecule has 0 heterocycles. The predicted octanol–water partition coefficient (Wildman–Crippen LogP) is 0.987. The molecule has 0 unspecified atom stereocenters. The van der Waals surface area contributed by atoms with E-state index < -0.39 is 36.7 Å². The summed E-state index contributed by atoms with van der Waals surface area (Å²) in [6.45, 7) is -0.400. The van der Waals surface area contributed by atoms with Gasteiger partial charge in [0, 0.05) is 13.0 Å². The SMILES string of the molecule is CCN(CC(F)(F)F)C(=O)N[C@H](CCC(=O)OC)C(=O)O. The minimum Gasteiger partial charge on any atom is -0.480 e. The van der Waals surface area contributed by atoms with Crippen molar-refractivity contribution in [1.29, 1.82) is 0 Å². The number of aliphatic carboxylic acids is 1. The third-order valence-corrected chi connectivity index (χ3v) is 2.50. The van der Waals surface area contributed by atoms with Crippen LogP contribution in [0.25, 0.3) is 0 Å². The van der Waals surface area contributed by atoms with Crippen molar-refractivity contribution in [1.82, 2.24) is 10.2 Å². The highest BCUT2D eigenvalue weighted by atomic mass is 19.4. The summed E-state index contributed by atoms with van der Waals surface area (Å²) in [5.74, 6) is -2.13. The quantitative estimate of drug-likeness (QED) is 0.683. The molecule has 0 spiro atoms. The Hall–Kier alpha value is -2.00. The smallest absolute Gasteiger partial charge is 0.406 e. The van der Waals surface area contributed by atoms with Gasteiger partial charge in [0.15, 0.2) is 0 Å². The van der Waals surface area contributed by atoms with Gasteiger partial charge in [0.05, 0.1) is 7.11 Å². The molecule has 0 fully saturated rings. The maximum absolute atomic E-state index is 12.2. The molecule has 0 saturated carbocycles. The molecule has 0 aromatic heterocycles. The molecule has 0 aliphatic rings. The van der Waals surface area contributed by atoms with Crippen LogP contribution < -0.4 is 5.32 Å². The number of amides is 2. The van der Waals surface area contributed by atoms with Crippen molar-refractivity contribution in [2.75, 3.05) is 20.2 Å². The van der Waals surface area contributed by atoms with Gasteiger partial charge in [-0.2, -0.15) is 13.2 Å². The molecule has 10 heteroatoms. The molecule has 122 valence electrons. The molecule has 0 aliphatic heterocycles. The van der Waals surface area contributed by atoms with E-state index in [0.29, 0.717) is 4.90 Å². The van der Waals surface area contributed by atoms with E-state index in [2.05, 4.69) is 4.74 Å². The number of rotatable bonds is 7. The van der Waals surface area contributed by atoms with Gasteiger partial charge >= 0.3 is 24.1 Å². The van der Waals surface area contributed by atoms with E-state index in [0.717, 1.165) is 7.11 Å². The topological polar surface area (TPSA) is 95.9 Å². The summed E-state index contributed by atoms with van der Waals surface area (Å²) in [6, 6.07) is -2.63. The zero-order valence-corrected chi connectivity index (χ0v) is 11.6. The highest BCUT2D eigenvalue weighted by molar-refractivity contribution is 5.83. The van der Waals surface area contributed by atoms with E-state index >= 15 is 0 Å². The van der Waals surface area contributed by atoms with E-state index in [1.807, 2.05) is 5.32 Å². The molecule has 0 aromatic rings. The van der Waals surface area contributed by atoms with Crippen molar-refractivity contribution in [3.05, 3.63) is 0 Å². The second-order valence-corrected chi connectivity index (χ2v) is 4.08. The van der Waals surface area contributed by atoms with Crippen molar-refractivity contribution in [3.63, 3.8) is 0 Å². The number of ether oxygens (including phenoxy) is 1. The monoisotopic (exact) mass is 314 g/mol. The number of methoxy groups -OCH3 is 1. The largest absolute Gasteiger partial charge is 0.480 e. The summed E-state index contributed by atoms with van der Waals surface area (Å²) in [5.41, 5.74) is 0. The van der Waals surface area contributed by atoms with Crippen LogP contribution in [0.5, 0.6) is 0 Å². The molecule has 7 nitrogen and oxygen atoms in total. The van der Waals surface area contributed by atoms with Crippen LogP contribution in [0.4, 0.5) is 18.0 Å². The van der Waals surface area contributed by atoms with Crippen LogP contribution in [-0.2, 0) is 14.3 Å². The molecule has 1 atom stereocenters. The minimum atomic E-state index is -4.59. The molecule has 2 amide bonds. The van der Waals surface area contributed by atoms with Crippen LogP contribution in [0.15, 0.2) is 0 Å². The lowest BCUT2D eigenvalue weighted by molar-refractivity contribution is -0.142. The number of carboxylic acids is 1. The number of esters is 1. The van der Waals surface area contributed by atoms with Crippen molar-refractivity contribution < 1.29 is 37.4 Å². The number of carbonyl (C=O) groups is 3. The Morgan fingerprint density at radius 1 is 1.33 bits per heavy atom. The van der Waals surface area contributed by atoms with Crippen LogP contribution in [0.3, 0.4) is 0 Å². The number of halogens is 3. The van der Waals surface area contributed by atoms with Crippen LogP contribution in [0.1, 0.15) is 19.8 Å². The summed E-state index contributed by atoms with van der Waals surface area (Å²) in [5, 5.41) is 10.8. The lowest BCUT2D eigenvalue weighted by Crippen LogP contribution is -2.50. The summed E-state index contributed by atoms with van der Waals surface area (Å²) < 4.78 is 41.1. The van der Waals surface area contributed by atoms with E-state index in [9.17, 15) is 27.6 Å². The number of carbonyl (C=O) groups excluding carboxylic acids is 2. The molecule has 0 aliphatic carbocycles. The Balaban J connectivity index is 4.64. The van der Waals surface area contributed by atoms with Gasteiger partial charge in [-0.1, -0.05) is 0 Å². The lowest BCUT2D eigenvalue weighted by Gasteiger charge is -2.24.